The zero-order chi connectivity index (χ0) is 14.4. The molecule has 0 aliphatic carbocycles. The molecule has 1 aromatic carbocycles. The third-order valence-electron chi connectivity index (χ3n) is 2.10. The van der Waals surface area contributed by atoms with E-state index in [2.05, 4.69) is 10.1 Å². The molecule has 0 fully saturated rings. The molecular weight excluding hydrogens is 296 g/mol. The molecule has 0 aromatic heterocycles. The standard InChI is InChI=1S/C11H13F2N3O3.ClH/c12-11(13)19-7-3-1-6(2-4-7)16-10(18)8(14)5-9(15)17;/h1-4,8,11H,5,14H2,(H2,15,17)(H,16,18);1H. The number of ether oxygens (including phenoxy) is 1. The Bertz CT molecular complexity index is 457. The molecule has 1 atom stereocenters. The van der Waals surface area contributed by atoms with Gasteiger partial charge in [-0.25, -0.2) is 0 Å². The number of hydrogen-bond acceptors (Lipinski definition) is 4. The van der Waals surface area contributed by atoms with E-state index in [1.807, 2.05) is 0 Å². The molecule has 1 unspecified atom stereocenters. The molecule has 6 nitrogen and oxygen atoms in total. The molecule has 112 valence electrons. The van der Waals surface area contributed by atoms with Crippen LogP contribution in [0.25, 0.3) is 0 Å². The third-order valence-corrected chi connectivity index (χ3v) is 2.10. The molecule has 1 rings (SSSR count). The van der Waals surface area contributed by atoms with Crippen molar-refractivity contribution in [3.63, 3.8) is 0 Å². The fourth-order valence-electron chi connectivity index (χ4n) is 1.26. The summed E-state index contributed by atoms with van der Waals surface area (Å²) in [5.74, 6) is -1.32. The lowest BCUT2D eigenvalue weighted by molar-refractivity contribution is -0.123. The summed E-state index contributed by atoms with van der Waals surface area (Å²) in [4.78, 5) is 22.1. The monoisotopic (exact) mass is 309 g/mol. The van der Waals surface area contributed by atoms with E-state index >= 15 is 0 Å². The lowest BCUT2D eigenvalue weighted by Crippen LogP contribution is -2.38. The molecule has 5 N–H and O–H groups in total. The van der Waals surface area contributed by atoms with Crippen molar-refractivity contribution in [2.24, 2.45) is 11.5 Å². The predicted molar refractivity (Wildman–Crippen MR) is 70.7 cm³/mol. The summed E-state index contributed by atoms with van der Waals surface area (Å²) in [7, 11) is 0. The minimum absolute atomic E-state index is 0. The molecule has 0 aliphatic heterocycles. The molecular formula is C11H14ClF2N3O3. The number of amides is 2. The average molecular weight is 310 g/mol. The van der Waals surface area contributed by atoms with Crippen molar-refractivity contribution in [3.8, 4) is 5.75 Å². The Labute approximate surface area is 119 Å². The van der Waals surface area contributed by atoms with Crippen LogP contribution in [0.5, 0.6) is 5.75 Å². The van der Waals surface area contributed by atoms with Gasteiger partial charge in [0.1, 0.15) is 5.75 Å². The van der Waals surface area contributed by atoms with Gasteiger partial charge in [-0.3, -0.25) is 9.59 Å². The summed E-state index contributed by atoms with van der Waals surface area (Å²) >= 11 is 0. The molecule has 20 heavy (non-hydrogen) atoms. The zero-order valence-corrected chi connectivity index (χ0v) is 11.0. The molecule has 0 bridgehead atoms. The number of rotatable bonds is 6. The van der Waals surface area contributed by atoms with Crippen molar-refractivity contribution in [1.82, 2.24) is 0 Å². The number of primary amides is 1. The number of benzene rings is 1. The predicted octanol–water partition coefficient (Wildman–Crippen LogP) is 0.851. The highest BCUT2D eigenvalue weighted by Crippen LogP contribution is 2.17. The van der Waals surface area contributed by atoms with Gasteiger partial charge in [0.05, 0.1) is 12.5 Å². The highest BCUT2D eigenvalue weighted by Gasteiger charge is 2.16. The molecule has 0 saturated carbocycles. The zero-order valence-electron chi connectivity index (χ0n) is 10.2. The van der Waals surface area contributed by atoms with E-state index in [-0.39, 0.29) is 24.6 Å². The smallest absolute Gasteiger partial charge is 0.387 e. The van der Waals surface area contributed by atoms with E-state index in [9.17, 15) is 18.4 Å². The number of carbonyl (C=O) groups is 2. The van der Waals surface area contributed by atoms with Crippen LogP contribution in [-0.4, -0.2) is 24.5 Å². The van der Waals surface area contributed by atoms with Gasteiger partial charge in [-0.1, -0.05) is 0 Å². The van der Waals surface area contributed by atoms with Crippen LogP contribution in [-0.2, 0) is 9.59 Å². The van der Waals surface area contributed by atoms with Gasteiger partial charge in [0.25, 0.3) is 0 Å². The second-order valence-corrected chi connectivity index (χ2v) is 3.67. The summed E-state index contributed by atoms with van der Waals surface area (Å²) < 4.78 is 28.0. The van der Waals surface area contributed by atoms with Gasteiger partial charge in [0, 0.05) is 5.69 Å². The number of hydrogen-bond donors (Lipinski definition) is 3. The van der Waals surface area contributed by atoms with Gasteiger partial charge in [-0.2, -0.15) is 8.78 Å². The Morgan fingerprint density at radius 1 is 1.25 bits per heavy atom. The van der Waals surface area contributed by atoms with Gasteiger partial charge in [0.15, 0.2) is 0 Å². The van der Waals surface area contributed by atoms with Crippen molar-refractivity contribution in [3.05, 3.63) is 24.3 Å². The third kappa shape index (κ3) is 6.30. The number of carbonyl (C=O) groups excluding carboxylic acids is 2. The van der Waals surface area contributed by atoms with Crippen LogP contribution in [0, 0.1) is 0 Å². The van der Waals surface area contributed by atoms with Gasteiger partial charge in [-0.15, -0.1) is 12.4 Å². The average Bonchev–Trinajstić information content (AvgIpc) is 2.30. The fraction of sp³-hybridized carbons (Fsp3) is 0.273. The Balaban J connectivity index is 0.00000361. The first-order chi connectivity index (χ1) is 8.88. The second kappa shape index (κ2) is 8.28. The largest absolute Gasteiger partial charge is 0.435 e. The molecule has 0 saturated heterocycles. The van der Waals surface area contributed by atoms with Crippen molar-refractivity contribution in [1.29, 1.82) is 0 Å². The van der Waals surface area contributed by atoms with Gasteiger partial charge in [-0.05, 0) is 24.3 Å². The second-order valence-electron chi connectivity index (χ2n) is 3.67. The summed E-state index contributed by atoms with van der Waals surface area (Å²) in [5.41, 5.74) is 10.7. The van der Waals surface area contributed by atoms with Crippen LogP contribution in [0.3, 0.4) is 0 Å². The van der Waals surface area contributed by atoms with Gasteiger partial charge < -0.3 is 21.5 Å². The summed E-state index contributed by atoms with van der Waals surface area (Å²) in [6, 6.07) is 4.21. The van der Waals surface area contributed by atoms with Crippen LogP contribution < -0.4 is 21.5 Å². The number of halogens is 3. The molecule has 0 heterocycles. The van der Waals surface area contributed by atoms with Crippen molar-refractivity contribution >= 4 is 29.9 Å². The van der Waals surface area contributed by atoms with E-state index in [0.29, 0.717) is 5.69 Å². The quantitative estimate of drug-likeness (QED) is 0.724. The highest BCUT2D eigenvalue weighted by atomic mass is 35.5. The molecule has 0 aliphatic rings. The fourth-order valence-corrected chi connectivity index (χ4v) is 1.26. The molecule has 9 heteroatoms. The van der Waals surface area contributed by atoms with Crippen LogP contribution >= 0.6 is 12.4 Å². The molecule has 2 amide bonds. The van der Waals surface area contributed by atoms with Crippen LogP contribution in [0.1, 0.15) is 6.42 Å². The Hall–Kier alpha value is -1.93. The SMILES string of the molecule is Cl.NC(=O)CC(N)C(=O)Nc1ccc(OC(F)F)cc1. The van der Waals surface area contributed by atoms with E-state index in [1.165, 1.54) is 24.3 Å². The van der Waals surface area contributed by atoms with E-state index in [1.54, 1.807) is 0 Å². The highest BCUT2D eigenvalue weighted by molar-refractivity contribution is 5.97. The van der Waals surface area contributed by atoms with Crippen LogP contribution in [0.2, 0.25) is 0 Å². The summed E-state index contributed by atoms with van der Waals surface area (Å²) in [6.07, 6.45) is -0.279. The first kappa shape index (κ1) is 18.1. The molecule has 1 aromatic rings. The maximum atomic E-state index is 11.9. The van der Waals surface area contributed by atoms with Crippen molar-refractivity contribution < 1.29 is 23.1 Å². The number of alkyl halides is 2. The van der Waals surface area contributed by atoms with Crippen molar-refractivity contribution in [2.45, 2.75) is 19.1 Å². The lowest BCUT2D eigenvalue weighted by atomic mass is 10.2. The normalized spacial score (nSPS) is 11.4. The minimum atomic E-state index is -2.91. The summed E-state index contributed by atoms with van der Waals surface area (Å²) in [5, 5.41) is 2.41. The van der Waals surface area contributed by atoms with E-state index in [0.717, 1.165) is 0 Å². The minimum Gasteiger partial charge on any atom is -0.435 e. The first-order valence-corrected chi connectivity index (χ1v) is 5.28. The van der Waals surface area contributed by atoms with E-state index in [4.69, 9.17) is 11.5 Å². The van der Waals surface area contributed by atoms with Crippen LogP contribution in [0.4, 0.5) is 14.5 Å². The number of nitrogens with two attached hydrogens (primary N) is 2. The topological polar surface area (TPSA) is 107 Å². The maximum Gasteiger partial charge on any atom is 0.387 e. The number of nitrogens with one attached hydrogen (secondary N) is 1. The van der Waals surface area contributed by atoms with Gasteiger partial charge >= 0.3 is 6.61 Å². The first-order valence-electron chi connectivity index (χ1n) is 5.28. The Morgan fingerprint density at radius 2 is 1.80 bits per heavy atom. The molecule has 0 radical (unpaired) electrons. The lowest BCUT2D eigenvalue weighted by Gasteiger charge is -2.11. The Morgan fingerprint density at radius 3 is 2.25 bits per heavy atom. The van der Waals surface area contributed by atoms with Crippen LogP contribution in [0.15, 0.2) is 24.3 Å². The summed E-state index contributed by atoms with van der Waals surface area (Å²) in [6.45, 7) is -2.91. The van der Waals surface area contributed by atoms with E-state index < -0.39 is 24.5 Å². The maximum absolute atomic E-state index is 11.9. The van der Waals surface area contributed by atoms with Crippen molar-refractivity contribution in [2.75, 3.05) is 5.32 Å². The Kier molecular flexibility index (Phi) is 7.48. The molecule has 0 spiro atoms. The number of anilines is 1. The van der Waals surface area contributed by atoms with Gasteiger partial charge in [0.2, 0.25) is 11.8 Å².